The number of thiazole rings is 1. The highest BCUT2D eigenvalue weighted by Gasteiger charge is 2.30. The Bertz CT molecular complexity index is 1150. The normalized spacial score (nSPS) is 11.3. The van der Waals surface area contributed by atoms with Gasteiger partial charge in [-0.2, -0.15) is 13.2 Å². The number of rotatable bonds is 10. The van der Waals surface area contributed by atoms with Crippen molar-refractivity contribution in [1.82, 2.24) is 19.7 Å². The first-order chi connectivity index (χ1) is 16.2. The molecule has 0 aliphatic heterocycles. The van der Waals surface area contributed by atoms with Crippen molar-refractivity contribution in [2.75, 3.05) is 17.7 Å². The van der Waals surface area contributed by atoms with Crippen LogP contribution in [0.4, 0.5) is 18.3 Å². The molecule has 0 fully saturated rings. The van der Waals surface area contributed by atoms with Gasteiger partial charge in [0.1, 0.15) is 12.4 Å². The highest BCUT2D eigenvalue weighted by atomic mass is 32.2. The summed E-state index contributed by atoms with van der Waals surface area (Å²) in [5.41, 5.74) is -0.302. The second kappa shape index (κ2) is 11.3. The van der Waals surface area contributed by atoms with Crippen LogP contribution in [0.2, 0.25) is 0 Å². The van der Waals surface area contributed by atoms with Crippen LogP contribution in [-0.2, 0) is 40.6 Å². The highest BCUT2D eigenvalue weighted by Crippen LogP contribution is 2.31. The van der Waals surface area contributed by atoms with Crippen LogP contribution < -0.4 is 10.1 Å². The zero-order valence-corrected chi connectivity index (χ0v) is 19.7. The summed E-state index contributed by atoms with van der Waals surface area (Å²) >= 11 is 2.32. The van der Waals surface area contributed by atoms with Crippen molar-refractivity contribution in [2.24, 2.45) is 7.05 Å². The van der Waals surface area contributed by atoms with Gasteiger partial charge in [-0.25, -0.2) is 4.98 Å². The second-order valence-corrected chi connectivity index (χ2v) is 8.54. The zero-order valence-electron chi connectivity index (χ0n) is 18.1. The fourth-order valence-electron chi connectivity index (χ4n) is 2.60. The number of alkyl halides is 3. The number of carbonyl (C=O) groups is 2. The van der Waals surface area contributed by atoms with Crippen molar-refractivity contribution in [3.8, 4) is 5.75 Å². The van der Waals surface area contributed by atoms with E-state index in [-0.39, 0.29) is 37.0 Å². The van der Waals surface area contributed by atoms with Crippen molar-refractivity contribution in [3.05, 3.63) is 46.7 Å². The first kappa shape index (κ1) is 25.5. The molecule has 34 heavy (non-hydrogen) atoms. The van der Waals surface area contributed by atoms with Gasteiger partial charge in [0.2, 0.25) is 5.91 Å². The number of anilines is 1. The molecule has 0 saturated carbocycles. The molecule has 2 aromatic heterocycles. The Kier molecular flexibility index (Phi) is 8.50. The molecule has 0 atom stereocenters. The van der Waals surface area contributed by atoms with E-state index in [0.717, 1.165) is 23.9 Å². The molecule has 0 spiro atoms. The summed E-state index contributed by atoms with van der Waals surface area (Å²) in [6, 6.07) is 4.55. The lowest BCUT2D eigenvalue weighted by atomic mass is 10.2. The number of nitrogens with one attached hydrogen (secondary N) is 1. The summed E-state index contributed by atoms with van der Waals surface area (Å²) in [5.74, 6) is -0.267. The van der Waals surface area contributed by atoms with E-state index < -0.39 is 17.7 Å². The van der Waals surface area contributed by atoms with E-state index in [4.69, 9.17) is 9.47 Å². The Morgan fingerprint density at radius 1 is 1.26 bits per heavy atom. The Labute approximate surface area is 200 Å². The van der Waals surface area contributed by atoms with Gasteiger partial charge in [-0.15, -0.1) is 21.5 Å². The van der Waals surface area contributed by atoms with E-state index >= 15 is 0 Å². The molecule has 14 heteroatoms. The molecular formula is C20H20F3N5O4S2. The van der Waals surface area contributed by atoms with Crippen LogP contribution in [-0.4, -0.2) is 44.0 Å². The summed E-state index contributed by atoms with van der Waals surface area (Å²) in [5, 5.41) is 13.1. The van der Waals surface area contributed by atoms with E-state index in [2.05, 4.69) is 20.5 Å². The van der Waals surface area contributed by atoms with Crippen LogP contribution in [0.25, 0.3) is 0 Å². The fraction of sp³-hybridized carbons (Fsp3) is 0.350. The van der Waals surface area contributed by atoms with Gasteiger partial charge < -0.3 is 19.4 Å². The lowest BCUT2D eigenvalue weighted by Gasteiger charge is -2.10. The van der Waals surface area contributed by atoms with Gasteiger partial charge in [-0.05, 0) is 25.1 Å². The number of hydrogen-bond acceptors (Lipinski definition) is 9. The smallest absolute Gasteiger partial charge is 0.416 e. The Morgan fingerprint density at radius 3 is 2.79 bits per heavy atom. The van der Waals surface area contributed by atoms with Gasteiger partial charge in [0, 0.05) is 12.4 Å². The maximum Gasteiger partial charge on any atom is 0.416 e. The molecule has 0 saturated heterocycles. The predicted octanol–water partition coefficient (Wildman–Crippen LogP) is 3.71. The summed E-state index contributed by atoms with van der Waals surface area (Å²) in [6.07, 6.45) is -4.44. The molecule has 0 aliphatic carbocycles. The lowest BCUT2D eigenvalue weighted by molar-refractivity contribution is -0.142. The summed E-state index contributed by atoms with van der Waals surface area (Å²) in [7, 11) is 1.66. The van der Waals surface area contributed by atoms with E-state index in [9.17, 15) is 22.8 Å². The van der Waals surface area contributed by atoms with E-state index in [1.165, 1.54) is 23.5 Å². The first-order valence-corrected chi connectivity index (χ1v) is 11.7. The molecule has 3 rings (SSSR count). The Balaban J connectivity index is 1.49. The Hall–Kier alpha value is -3.13. The van der Waals surface area contributed by atoms with Crippen LogP contribution in [0.1, 0.15) is 24.0 Å². The number of halogens is 3. The minimum absolute atomic E-state index is 0.0211. The molecule has 2 heterocycles. The minimum Gasteiger partial charge on any atom is -0.486 e. The summed E-state index contributed by atoms with van der Waals surface area (Å²) < 4.78 is 50.4. The van der Waals surface area contributed by atoms with Crippen LogP contribution in [0.5, 0.6) is 5.75 Å². The summed E-state index contributed by atoms with van der Waals surface area (Å²) in [4.78, 5) is 27.9. The number of aromatic nitrogens is 4. The molecule has 182 valence electrons. The van der Waals surface area contributed by atoms with Crippen molar-refractivity contribution >= 4 is 40.1 Å². The molecule has 1 aromatic carbocycles. The number of ether oxygens (including phenoxy) is 2. The fourth-order valence-corrected chi connectivity index (χ4v) is 4.05. The van der Waals surface area contributed by atoms with Crippen LogP contribution in [0.15, 0.2) is 34.8 Å². The van der Waals surface area contributed by atoms with Crippen LogP contribution >= 0.6 is 23.1 Å². The number of thioether (sulfide) groups is 1. The van der Waals surface area contributed by atoms with Crippen molar-refractivity contribution < 1.29 is 32.2 Å². The van der Waals surface area contributed by atoms with Gasteiger partial charge in [0.25, 0.3) is 0 Å². The third kappa shape index (κ3) is 7.18. The van der Waals surface area contributed by atoms with E-state index in [1.807, 2.05) is 0 Å². The van der Waals surface area contributed by atoms with Crippen LogP contribution in [0.3, 0.4) is 0 Å². The molecule has 1 amide bonds. The van der Waals surface area contributed by atoms with Gasteiger partial charge in [0.05, 0.1) is 30.0 Å². The minimum atomic E-state index is -4.46. The van der Waals surface area contributed by atoms with Crippen molar-refractivity contribution in [2.45, 2.75) is 31.3 Å². The molecule has 0 radical (unpaired) electrons. The largest absolute Gasteiger partial charge is 0.486 e. The number of esters is 1. The topological polar surface area (TPSA) is 108 Å². The molecular weight excluding hydrogens is 495 g/mol. The molecule has 0 aliphatic rings. The molecule has 1 N–H and O–H groups in total. The Morgan fingerprint density at radius 2 is 2.06 bits per heavy atom. The van der Waals surface area contributed by atoms with Crippen LogP contribution in [0, 0.1) is 0 Å². The van der Waals surface area contributed by atoms with Gasteiger partial charge in [-0.1, -0.05) is 17.8 Å². The standard InChI is InChI=1S/C20H20F3N5O4S2/c1-3-31-17(30)8-13-10-33-18(24-13)25-16(29)11-34-19-27-26-15(28(19)2)9-32-14-6-4-5-12(7-14)20(21,22)23/h4-7,10H,3,8-9,11H2,1-2H3,(H,24,25,29). The van der Waals surface area contributed by atoms with Gasteiger partial charge >= 0.3 is 12.1 Å². The van der Waals surface area contributed by atoms with Gasteiger partial charge in [0.15, 0.2) is 16.1 Å². The van der Waals surface area contributed by atoms with Crippen molar-refractivity contribution in [1.29, 1.82) is 0 Å². The lowest BCUT2D eigenvalue weighted by Crippen LogP contribution is -2.15. The third-order valence-electron chi connectivity index (χ3n) is 4.22. The molecule has 0 bridgehead atoms. The average molecular weight is 516 g/mol. The molecule has 0 unspecified atom stereocenters. The zero-order chi connectivity index (χ0) is 24.7. The number of hydrogen-bond donors (Lipinski definition) is 1. The SMILES string of the molecule is CCOC(=O)Cc1csc(NC(=O)CSc2nnc(COc3cccc(C(F)(F)F)c3)n2C)n1. The number of nitrogens with zero attached hydrogens (tertiary/aromatic N) is 4. The van der Waals surface area contributed by atoms with E-state index in [0.29, 0.717) is 21.8 Å². The van der Waals surface area contributed by atoms with Crippen molar-refractivity contribution in [3.63, 3.8) is 0 Å². The maximum atomic E-state index is 12.8. The molecule has 9 nitrogen and oxygen atoms in total. The second-order valence-electron chi connectivity index (χ2n) is 6.73. The summed E-state index contributed by atoms with van der Waals surface area (Å²) in [6.45, 7) is 1.90. The third-order valence-corrected chi connectivity index (χ3v) is 6.04. The number of benzene rings is 1. The highest BCUT2D eigenvalue weighted by molar-refractivity contribution is 7.99. The van der Waals surface area contributed by atoms with Gasteiger partial charge in [-0.3, -0.25) is 9.59 Å². The first-order valence-electron chi connectivity index (χ1n) is 9.86. The monoisotopic (exact) mass is 515 g/mol. The maximum absolute atomic E-state index is 12.8. The molecule has 3 aromatic rings. The quantitative estimate of drug-likeness (QED) is 0.322. The number of carbonyl (C=O) groups excluding carboxylic acids is 2. The van der Waals surface area contributed by atoms with E-state index in [1.54, 1.807) is 23.9 Å². The predicted molar refractivity (Wildman–Crippen MR) is 119 cm³/mol. The number of amides is 1. The average Bonchev–Trinajstić information content (AvgIpc) is 3.36.